The predicted molar refractivity (Wildman–Crippen MR) is 163 cm³/mol. The van der Waals surface area contributed by atoms with Gasteiger partial charge >= 0.3 is 0 Å². The van der Waals surface area contributed by atoms with Crippen molar-refractivity contribution in [3.8, 4) is 0 Å². The van der Waals surface area contributed by atoms with E-state index in [4.69, 9.17) is 0 Å². The van der Waals surface area contributed by atoms with Crippen LogP contribution in [0.4, 0.5) is 5.69 Å². The molecule has 11 nitrogen and oxygen atoms in total. The van der Waals surface area contributed by atoms with Gasteiger partial charge in [-0.1, -0.05) is 6.07 Å². The maximum absolute atomic E-state index is 13.4. The first-order chi connectivity index (χ1) is 21.8. The van der Waals surface area contributed by atoms with E-state index in [1.54, 1.807) is 18.2 Å². The number of rotatable bonds is 7. The lowest BCUT2D eigenvalue weighted by atomic mass is 9.51. The van der Waals surface area contributed by atoms with Crippen molar-refractivity contribution in [2.75, 3.05) is 18.4 Å². The summed E-state index contributed by atoms with van der Waals surface area (Å²) in [4.78, 5) is 66.9. The van der Waals surface area contributed by atoms with Crippen molar-refractivity contribution >= 4 is 35.2 Å². The van der Waals surface area contributed by atoms with Crippen molar-refractivity contribution in [2.24, 2.45) is 29.6 Å². The maximum atomic E-state index is 13.4. The van der Waals surface area contributed by atoms with Gasteiger partial charge in [0.1, 0.15) is 6.04 Å². The fraction of sp³-hybridized carbons (Fsp3) is 0.588. The third kappa shape index (κ3) is 5.04. The zero-order valence-corrected chi connectivity index (χ0v) is 25.5. The highest BCUT2D eigenvalue weighted by molar-refractivity contribution is 6.25. The molecule has 0 radical (unpaired) electrons. The summed E-state index contributed by atoms with van der Waals surface area (Å²) in [5.74, 6) is 2.27. The van der Waals surface area contributed by atoms with Gasteiger partial charge in [-0.15, -0.1) is 0 Å². The molecule has 5 amide bonds. The minimum Gasteiger partial charge on any atom is -0.380 e. The van der Waals surface area contributed by atoms with Crippen LogP contribution in [0, 0.1) is 29.6 Å². The van der Waals surface area contributed by atoms with E-state index in [1.807, 2.05) is 17.1 Å². The number of hydrogen-bond acceptors (Lipinski definition) is 7. The summed E-state index contributed by atoms with van der Waals surface area (Å²) in [5, 5.41) is 10.1. The van der Waals surface area contributed by atoms with Crippen LogP contribution in [0.2, 0.25) is 0 Å². The van der Waals surface area contributed by atoms with Crippen LogP contribution in [0.1, 0.15) is 96.5 Å². The Bertz CT molecular complexity index is 1550. The molecule has 7 aliphatic rings. The van der Waals surface area contributed by atoms with Crippen LogP contribution < -0.4 is 10.6 Å². The maximum Gasteiger partial charge on any atom is 0.264 e. The second kappa shape index (κ2) is 11.1. The van der Waals surface area contributed by atoms with Crippen LogP contribution in [0.3, 0.4) is 0 Å². The molecule has 4 bridgehead atoms. The zero-order valence-electron chi connectivity index (χ0n) is 25.5. The Hall–Kier alpha value is -4.02. The second-order valence-electron chi connectivity index (χ2n) is 14.3. The van der Waals surface area contributed by atoms with Gasteiger partial charge in [0.15, 0.2) is 0 Å². The largest absolute Gasteiger partial charge is 0.380 e. The summed E-state index contributed by atoms with van der Waals surface area (Å²) in [5.41, 5.74) is 1.94. The van der Waals surface area contributed by atoms with E-state index >= 15 is 0 Å². The number of likely N-dealkylation sites (tertiary alicyclic amines) is 1. The van der Waals surface area contributed by atoms with Crippen molar-refractivity contribution in [1.82, 2.24) is 24.9 Å². The second-order valence-corrected chi connectivity index (χ2v) is 14.3. The first-order valence-corrected chi connectivity index (χ1v) is 16.7. The van der Waals surface area contributed by atoms with Gasteiger partial charge in [0, 0.05) is 49.9 Å². The van der Waals surface area contributed by atoms with Crippen molar-refractivity contribution in [3.63, 3.8) is 0 Å². The highest BCUT2D eigenvalue weighted by atomic mass is 16.2. The summed E-state index contributed by atoms with van der Waals surface area (Å²) in [6, 6.07) is 4.27. The lowest BCUT2D eigenvalue weighted by molar-refractivity contribution is -0.138. The van der Waals surface area contributed by atoms with E-state index in [0.717, 1.165) is 66.5 Å². The molecule has 45 heavy (non-hydrogen) atoms. The van der Waals surface area contributed by atoms with E-state index in [0.29, 0.717) is 24.1 Å². The highest BCUT2D eigenvalue weighted by Gasteiger charge is 2.49. The molecule has 236 valence electrons. The molecule has 4 heterocycles. The van der Waals surface area contributed by atoms with E-state index in [2.05, 4.69) is 20.6 Å². The van der Waals surface area contributed by atoms with Crippen LogP contribution in [0.5, 0.6) is 0 Å². The number of amides is 5. The number of aromatic nitrogens is 2. The minimum absolute atomic E-state index is 0.0796. The smallest absolute Gasteiger partial charge is 0.264 e. The van der Waals surface area contributed by atoms with Gasteiger partial charge in [-0.05, 0) is 93.1 Å². The number of fused-ring (bicyclic) bond motifs is 1. The molecular weight excluding hydrogens is 572 g/mol. The number of anilines is 1. The summed E-state index contributed by atoms with van der Waals surface area (Å²) < 4.78 is 1.99. The van der Waals surface area contributed by atoms with E-state index in [1.165, 1.54) is 32.1 Å². The Balaban J connectivity index is 0.863. The number of piperidine rings is 2. The molecule has 2 aromatic rings. The summed E-state index contributed by atoms with van der Waals surface area (Å²) in [6.07, 6.45) is 13.4. The zero-order chi connectivity index (χ0) is 30.8. The molecule has 1 aromatic carbocycles. The molecule has 6 fully saturated rings. The van der Waals surface area contributed by atoms with Crippen LogP contribution in [0.25, 0.3) is 0 Å². The summed E-state index contributed by atoms with van der Waals surface area (Å²) in [7, 11) is 0. The lowest BCUT2D eigenvalue weighted by Crippen LogP contribution is -2.54. The Labute approximate surface area is 262 Å². The fourth-order valence-electron chi connectivity index (χ4n) is 9.61. The molecule has 1 aromatic heterocycles. The first-order valence-electron chi connectivity index (χ1n) is 16.7. The predicted octanol–water partition coefficient (Wildman–Crippen LogP) is 3.52. The van der Waals surface area contributed by atoms with E-state index < -0.39 is 29.7 Å². The normalized spacial score (nSPS) is 31.0. The summed E-state index contributed by atoms with van der Waals surface area (Å²) >= 11 is 0. The van der Waals surface area contributed by atoms with Gasteiger partial charge in [-0.3, -0.25) is 38.9 Å². The lowest BCUT2D eigenvalue weighted by Gasteiger charge is -2.54. The van der Waals surface area contributed by atoms with Crippen molar-refractivity contribution in [1.29, 1.82) is 0 Å². The van der Waals surface area contributed by atoms with Gasteiger partial charge in [-0.25, -0.2) is 0 Å². The van der Waals surface area contributed by atoms with Gasteiger partial charge in [0.2, 0.25) is 17.7 Å². The van der Waals surface area contributed by atoms with Gasteiger partial charge in [0.25, 0.3) is 11.8 Å². The number of nitrogens with zero attached hydrogens (tertiary/aromatic N) is 4. The quantitative estimate of drug-likeness (QED) is 0.457. The molecule has 11 heteroatoms. The van der Waals surface area contributed by atoms with Crippen molar-refractivity contribution in [3.05, 3.63) is 47.3 Å². The molecule has 2 N–H and O–H groups in total. The van der Waals surface area contributed by atoms with E-state index in [9.17, 15) is 24.0 Å². The average Bonchev–Trinajstić information content (AvgIpc) is 3.60. The third-order valence-electron chi connectivity index (χ3n) is 11.6. The first kappa shape index (κ1) is 28.5. The molecular formula is C34H40N6O5. The van der Waals surface area contributed by atoms with Crippen LogP contribution in [0.15, 0.2) is 30.6 Å². The van der Waals surface area contributed by atoms with Crippen molar-refractivity contribution in [2.45, 2.75) is 82.8 Å². The number of carbonyl (C=O) groups is 5. The number of hydrogen-bond donors (Lipinski definition) is 2. The molecule has 0 spiro atoms. The monoisotopic (exact) mass is 612 g/mol. The van der Waals surface area contributed by atoms with Crippen LogP contribution in [-0.4, -0.2) is 68.2 Å². The van der Waals surface area contributed by atoms with Crippen LogP contribution in [-0.2, 0) is 20.9 Å². The molecule has 2 saturated heterocycles. The number of benzene rings is 1. The molecule has 1 unspecified atom stereocenters. The molecule has 4 aliphatic carbocycles. The SMILES string of the molecule is O=C1CCC(N2C(=O)c3cccc(NCc4cnn(C5CCN(C(=O)CC6C7CC8CC(C7)CC6C8)CC5)c4)c3C2=O)C(=O)N1. The Kier molecular flexibility index (Phi) is 7.02. The van der Waals surface area contributed by atoms with Gasteiger partial charge in [0.05, 0.1) is 23.4 Å². The van der Waals surface area contributed by atoms with Crippen LogP contribution >= 0.6 is 0 Å². The molecule has 4 saturated carbocycles. The number of nitrogens with one attached hydrogen (secondary N) is 2. The summed E-state index contributed by atoms with van der Waals surface area (Å²) in [6.45, 7) is 1.93. The third-order valence-corrected chi connectivity index (χ3v) is 11.6. The van der Waals surface area contributed by atoms with Crippen molar-refractivity contribution < 1.29 is 24.0 Å². The average molecular weight is 613 g/mol. The molecule has 1 atom stereocenters. The standard InChI is InChI=1S/C34H40N6O5/c41-29-5-4-28(32(43)37-29)40-33(44)25-2-1-3-27(31(25)34(40)45)35-16-21-17-36-39(18-21)24-6-8-38(9-7-24)30(42)15-26-22-11-19-10-20(13-22)14-23(26)12-19/h1-3,17-20,22-24,26,28,35H,4-16H2,(H,37,41,43). The molecule has 3 aliphatic heterocycles. The topological polar surface area (TPSA) is 134 Å². The van der Waals surface area contributed by atoms with Gasteiger partial charge in [-0.2, -0.15) is 5.10 Å². The minimum atomic E-state index is -1.000. The Morgan fingerprint density at radius 3 is 2.38 bits per heavy atom. The fourth-order valence-corrected chi connectivity index (χ4v) is 9.61. The number of carbonyl (C=O) groups excluding carboxylic acids is 5. The number of imide groups is 2. The highest BCUT2D eigenvalue weighted by Crippen LogP contribution is 2.57. The Morgan fingerprint density at radius 2 is 1.67 bits per heavy atom. The van der Waals surface area contributed by atoms with E-state index in [-0.39, 0.29) is 30.0 Å². The Morgan fingerprint density at radius 1 is 0.933 bits per heavy atom. The van der Waals surface area contributed by atoms with Gasteiger partial charge < -0.3 is 10.2 Å². The molecule has 9 rings (SSSR count).